The summed E-state index contributed by atoms with van der Waals surface area (Å²) in [5.74, 6) is 0.670. The Labute approximate surface area is 175 Å². The van der Waals surface area contributed by atoms with Crippen molar-refractivity contribution in [1.82, 2.24) is 9.78 Å². The van der Waals surface area contributed by atoms with Gasteiger partial charge in [-0.2, -0.15) is 5.10 Å². The standard InChI is InChI=1S/C24H24N4O2/c1-15(2)14-27-20-11-7-5-9-17(20)24(23(27)30)12-21(29)26-22-18(24)13-25-28(22)19-10-6-4-8-16(19)3/h4-11,13,15H,12,14H2,1-3H3,(H,26,29)/t24-/m0/s1. The zero-order valence-corrected chi connectivity index (χ0v) is 17.3. The van der Waals surface area contributed by atoms with Crippen LogP contribution in [-0.4, -0.2) is 28.1 Å². The molecule has 0 saturated heterocycles. The molecule has 0 fully saturated rings. The van der Waals surface area contributed by atoms with Crippen molar-refractivity contribution in [2.24, 2.45) is 5.92 Å². The average molecular weight is 400 g/mol. The number of aromatic nitrogens is 2. The van der Waals surface area contributed by atoms with Gasteiger partial charge in [-0.25, -0.2) is 4.68 Å². The topological polar surface area (TPSA) is 67.2 Å². The minimum absolute atomic E-state index is 0.0437. The molecule has 1 atom stereocenters. The van der Waals surface area contributed by atoms with Crippen molar-refractivity contribution in [2.75, 3.05) is 16.8 Å². The van der Waals surface area contributed by atoms with Crippen molar-refractivity contribution in [3.63, 3.8) is 0 Å². The van der Waals surface area contributed by atoms with Crippen molar-refractivity contribution >= 4 is 23.3 Å². The van der Waals surface area contributed by atoms with Gasteiger partial charge < -0.3 is 10.2 Å². The summed E-state index contributed by atoms with van der Waals surface area (Å²) >= 11 is 0. The van der Waals surface area contributed by atoms with E-state index in [0.717, 1.165) is 28.1 Å². The second-order valence-corrected chi connectivity index (χ2v) is 8.56. The Hall–Kier alpha value is -3.41. The number of fused-ring (bicyclic) bond motifs is 4. The van der Waals surface area contributed by atoms with Crippen LogP contribution in [0.25, 0.3) is 5.69 Å². The molecule has 2 amide bonds. The Morgan fingerprint density at radius 3 is 2.47 bits per heavy atom. The first-order valence-corrected chi connectivity index (χ1v) is 10.3. The number of nitrogens with one attached hydrogen (secondary N) is 1. The molecular formula is C24H24N4O2. The van der Waals surface area contributed by atoms with Gasteiger partial charge in [-0.05, 0) is 36.1 Å². The van der Waals surface area contributed by atoms with E-state index in [1.165, 1.54) is 0 Å². The smallest absolute Gasteiger partial charge is 0.242 e. The minimum atomic E-state index is -1.04. The summed E-state index contributed by atoms with van der Waals surface area (Å²) in [5, 5.41) is 7.59. The maximum Gasteiger partial charge on any atom is 0.242 e. The van der Waals surface area contributed by atoms with Crippen molar-refractivity contribution < 1.29 is 9.59 Å². The molecule has 2 aliphatic heterocycles. The molecular weight excluding hydrogens is 376 g/mol. The Balaban J connectivity index is 1.75. The fourth-order valence-corrected chi connectivity index (χ4v) is 4.78. The largest absolute Gasteiger partial charge is 0.311 e. The van der Waals surface area contributed by atoms with Crippen molar-refractivity contribution in [1.29, 1.82) is 0 Å². The molecule has 5 rings (SSSR count). The zero-order chi connectivity index (χ0) is 21.0. The highest BCUT2D eigenvalue weighted by Gasteiger charge is 2.57. The molecule has 6 nitrogen and oxygen atoms in total. The molecule has 0 unspecified atom stereocenters. The fraction of sp³-hybridized carbons (Fsp3) is 0.292. The normalized spacial score (nSPS) is 19.9. The van der Waals surface area contributed by atoms with Gasteiger partial charge in [-0.3, -0.25) is 9.59 Å². The fourth-order valence-electron chi connectivity index (χ4n) is 4.78. The molecule has 6 heteroatoms. The van der Waals surface area contributed by atoms with Crippen LogP contribution < -0.4 is 10.2 Å². The van der Waals surface area contributed by atoms with E-state index in [9.17, 15) is 9.59 Å². The third-order valence-electron chi connectivity index (χ3n) is 6.07. The SMILES string of the molecule is Cc1ccccc1-n1ncc2c1NC(=O)C[C@@]21C(=O)N(CC(C)C)c2ccccc21. The molecule has 0 radical (unpaired) electrons. The zero-order valence-electron chi connectivity index (χ0n) is 17.3. The number of rotatable bonds is 3. The van der Waals surface area contributed by atoms with Crippen LogP contribution in [0.5, 0.6) is 0 Å². The number of hydrogen-bond acceptors (Lipinski definition) is 3. The van der Waals surface area contributed by atoms with Crippen molar-refractivity contribution in [3.05, 3.63) is 71.4 Å². The van der Waals surface area contributed by atoms with Crippen LogP contribution in [0.1, 0.15) is 37.0 Å². The highest BCUT2D eigenvalue weighted by Crippen LogP contribution is 2.52. The van der Waals surface area contributed by atoms with E-state index >= 15 is 0 Å². The summed E-state index contributed by atoms with van der Waals surface area (Å²) in [6.07, 6.45) is 1.83. The summed E-state index contributed by atoms with van der Waals surface area (Å²) in [7, 11) is 0. The lowest BCUT2D eigenvalue weighted by molar-refractivity contribution is -0.126. The lowest BCUT2D eigenvalue weighted by Gasteiger charge is -2.32. The predicted molar refractivity (Wildman–Crippen MR) is 116 cm³/mol. The van der Waals surface area contributed by atoms with E-state index in [1.54, 1.807) is 10.9 Å². The highest BCUT2D eigenvalue weighted by atomic mass is 16.2. The van der Waals surface area contributed by atoms with Crippen LogP contribution in [0.3, 0.4) is 0 Å². The van der Waals surface area contributed by atoms with E-state index in [4.69, 9.17) is 0 Å². The monoisotopic (exact) mass is 400 g/mol. The summed E-state index contributed by atoms with van der Waals surface area (Å²) in [6, 6.07) is 15.7. The van der Waals surface area contributed by atoms with E-state index in [2.05, 4.69) is 24.3 Å². The molecule has 3 heterocycles. The molecule has 2 aromatic carbocycles. The molecule has 2 aliphatic rings. The second-order valence-electron chi connectivity index (χ2n) is 8.56. The molecule has 1 aromatic heterocycles. The number of nitrogens with zero attached hydrogens (tertiary/aromatic N) is 3. The Morgan fingerprint density at radius 2 is 1.73 bits per heavy atom. The van der Waals surface area contributed by atoms with E-state index in [-0.39, 0.29) is 18.2 Å². The molecule has 0 bridgehead atoms. The molecule has 152 valence electrons. The van der Waals surface area contributed by atoms with Crippen molar-refractivity contribution in [3.8, 4) is 5.69 Å². The molecule has 3 aromatic rings. The van der Waals surface area contributed by atoms with Gasteiger partial charge in [0.2, 0.25) is 11.8 Å². The van der Waals surface area contributed by atoms with Gasteiger partial charge in [0.15, 0.2) is 0 Å². The van der Waals surface area contributed by atoms with Gasteiger partial charge in [0.1, 0.15) is 11.2 Å². The van der Waals surface area contributed by atoms with Crippen LogP contribution in [0.2, 0.25) is 0 Å². The summed E-state index contributed by atoms with van der Waals surface area (Å²) < 4.78 is 1.74. The van der Waals surface area contributed by atoms with Gasteiger partial charge in [-0.15, -0.1) is 0 Å². The molecule has 1 spiro atoms. The maximum absolute atomic E-state index is 13.9. The van der Waals surface area contributed by atoms with Crippen LogP contribution in [0.4, 0.5) is 11.5 Å². The first-order chi connectivity index (χ1) is 14.4. The van der Waals surface area contributed by atoms with Gasteiger partial charge in [-0.1, -0.05) is 50.2 Å². The second kappa shape index (κ2) is 6.55. The first-order valence-electron chi connectivity index (χ1n) is 10.3. The van der Waals surface area contributed by atoms with Gasteiger partial charge in [0.25, 0.3) is 0 Å². The Morgan fingerprint density at radius 1 is 1.03 bits per heavy atom. The Bertz CT molecular complexity index is 1180. The van der Waals surface area contributed by atoms with Crippen LogP contribution in [0, 0.1) is 12.8 Å². The van der Waals surface area contributed by atoms with Gasteiger partial charge >= 0.3 is 0 Å². The summed E-state index contributed by atoms with van der Waals surface area (Å²) in [5.41, 5.74) is 3.42. The minimum Gasteiger partial charge on any atom is -0.311 e. The molecule has 0 saturated carbocycles. The summed E-state index contributed by atoms with van der Waals surface area (Å²) in [4.78, 5) is 28.7. The summed E-state index contributed by atoms with van der Waals surface area (Å²) in [6.45, 7) is 6.80. The number of benzene rings is 2. The van der Waals surface area contributed by atoms with E-state index < -0.39 is 5.41 Å². The van der Waals surface area contributed by atoms with Crippen LogP contribution in [0.15, 0.2) is 54.7 Å². The molecule has 1 N–H and O–H groups in total. The van der Waals surface area contributed by atoms with E-state index in [1.807, 2.05) is 60.4 Å². The third-order valence-corrected chi connectivity index (χ3v) is 6.07. The molecule has 30 heavy (non-hydrogen) atoms. The van der Waals surface area contributed by atoms with Crippen molar-refractivity contribution in [2.45, 2.75) is 32.6 Å². The van der Waals surface area contributed by atoms with Gasteiger partial charge in [0.05, 0.1) is 11.9 Å². The number of amides is 2. The van der Waals surface area contributed by atoms with E-state index in [0.29, 0.717) is 18.3 Å². The lowest BCUT2D eigenvalue weighted by Crippen LogP contribution is -2.47. The number of carbonyl (C=O) groups excluding carboxylic acids is 2. The Kier molecular flexibility index (Phi) is 4.07. The molecule has 0 aliphatic carbocycles. The number of anilines is 2. The third kappa shape index (κ3) is 2.46. The first kappa shape index (κ1) is 18.6. The number of carbonyl (C=O) groups is 2. The number of hydrogen-bond donors (Lipinski definition) is 1. The van der Waals surface area contributed by atoms with Crippen LogP contribution in [-0.2, 0) is 15.0 Å². The number of aryl methyl sites for hydroxylation is 1. The van der Waals surface area contributed by atoms with Gasteiger partial charge in [0, 0.05) is 24.2 Å². The average Bonchev–Trinajstić information content (AvgIpc) is 3.23. The maximum atomic E-state index is 13.9. The highest BCUT2D eigenvalue weighted by molar-refractivity contribution is 6.15. The number of para-hydroxylation sites is 2. The predicted octanol–water partition coefficient (Wildman–Crippen LogP) is 3.81. The van der Waals surface area contributed by atoms with Crippen LogP contribution >= 0.6 is 0 Å². The quantitative estimate of drug-likeness (QED) is 0.727. The lowest BCUT2D eigenvalue weighted by atomic mass is 9.72.